The van der Waals surface area contributed by atoms with Gasteiger partial charge in [0.15, 0.2) is 0 Å². The van der Waals surface area contributed by atoms with Crippen LogP contribution in [0.2, 0.25) is 0 Å². The molecule has 0 aliphatic heterocycles. The molecule has 0 radical (unpaired) electrons. The molecule has 1 aromatic heterocycles. The van der Waals surface area contributed by atoms with E-state index < -0.39 is 5.97 Å². The molecule has 0 aliphatic rings. The maximum absolute atomic E-state index is 12.9. The highest BCUT2D eigenvalue weighted by Crippen LogP contribution is 2.35. The predicted octanol–water partition coefficient (Wildman–Crippen LogP) is 8.16. The van der Waals surface area contributed by atoms with Crippen molar-refractivity contribution in [1.82, 2.24) is 4.57 Å². The molecule has 1 heterocycles. The largest absolute Gasteiger partial charge is 0.472 e. The molecule has 2 aromatic carbocycles. The molecule has 0 amide bonds. The molecule has 182 valence electrons. The maximum Gasteiger partial charge on any atom is 0.420 e. The van der Waals surface area contributed by atoms with Crippen LogP contribution < -0.4 is 4.57 Å². The fourth-order valence-corrected chi connectivity index (χ4v) is 5.90. The Balaban J connectivity index is 2.48. The number of carboxylic acids is 1. The van der Waals surface area contributed by atoms with Crippen molar-refractivity contribution in [1.29, 1.82) is 0 Å². The zero-order valence-electron chi connectivity index (χ0n) is 21.3. The molecule has 0 unspecified atom stereocenters. The number of imidazole rings is 1. The smallest absolute Gasteiger partial charge is 0.420 e. The minimum absolute atomic E-state index is 0.259. The molecule has 0 fully saturated rings. The zero-order valence-corrected chi connectivity index (χ0v) is 25.6. The summed E-state index contributed by atoms with van der Waals surface area (Å²) in [5.74, 6) is 0.364. The van der Waals surface area contributed by atoms with Crippen LogP contribution in [0.15, 0.2) is 36.7 Å². The number of aromatic nitrogens is 2. The van der Waals surface area contributed by atoms with Crippen molar-refractivity contribution < 1.29 is 14.5 Å². The normalized spacial score (nSPS) is 11.9. The molecule has 34 heavy (non-hydrogen) atoms. The molecule has 0 saturated carbocycles. The summed E-state index contributed by atoms with van der Waals surface area (Å²) in [4.78, 5) is 12.9. The molecule has 0 spiro atoms. The van der Waals surface area contributed by atoms with Gasteiger partial charge in [0.05, 0.1) is 0 Å². The lowest BCUT2D eigenvalue weighted by Gasteiger charge is -2.20. The number of hydrogen-bond donors (Lipinski definition) is 1. The lowest BCUT2D eigenvalue weighted by Crippen LogP contribution is -2.40. The van der Waals surface area contributed by atoms with Gasteiger partial charge in [0.2, 0.25) is 0 Å². The second-order valence-corrected chi connectivity index (χ2v) is 12.6. The third-order valence-electron chi connectivity index (χ3n) is 6.25. The van der Waals surface area contributed by atoms with E-state index in [1.807, 2.05) is 21.5 Å². The number of carboxylic acid groups (broad SMARTS) is 1. The van der Waals surface area contributed by atoms with Crippen LogP contribution in [0.25, 0.3) is 11.4 Å². The van der Waals surface area contributed by atoms with E-state index in [2.05, 4.69) is 125 Å². The first-order chi connectivity index (χ1) is 15.8. The molecule has 0 aliphatic carbocycles. The van der Waals surface area contributed by atoms with Crippen LogP contribution in [0.3, 0.4) is 0 Å². The fraction of sp³-hybridized carbons (Fsp3) is 0.429. The molecule has 4 nitrogen and oxygen atoms in total. The summed E-state index contributed by atoms with van der Waals surface area (Å²) in [6.07, 6.45) is 3.85. The summed E-state index contributed by atoms with van der Waals surface area (Å²) < 4.78 is 6.14. The quantitative estimate of drug-likeness (QED) is 0.202. The van der Waals surface area contributed by atoms with Gasteiger partial charge in [-0.15, -0.1) is 0 Å². The van der Waals surface area contributed by atoms with Gasteiger partial charge >= 0.3 is 11.8 Å². The Bertz CT molecular complexity index is 1080. The topological polar surface area (TPSA) is 46.1 Å². The SMILES string of the molecule is CC(C)c1cc(I)cc(C(C)C)c1-n1cc[n+](-c2c(C(C)C)cc(I)cc2C(C)C)c1C(=O)O. The molecule has 6 heteroatoms. The highest BCUT2D eigenvalue weighted by Gasteiger charge is 2.34. The molecule has 0 atom stereocenters. The predicted molar refractivity (Wildman–Crippen MR) is 156 cm³/mol. The number of halogens is 2. The van der Waals surface area contributed by atoms with Gasteiger partial charge in [0.25, 0.3) is 0 Å². The molecule has 0 bridgehead atoms. The van der Waals surface area contributed by atoms with Crippen LogP contribution in [0, 0.1) is 7.14 Å². The molecular formula is C28H35I2N2O2+. The standard InChI is InChI=1S/C28H34I2N2O2/c1-15(2)21-11-19(29)12-22(16(3)4)25(21)31-9-10-32(27(31)28(33)34)26-23(17(5)6)13-20(30)14-24(26)18(7)8/h9-18H,1-8H3/p+1. The third-order valence-corrected chi connectivity index (χ3v) is 7.50. The number of benzene rings is 2. The Labute approximate surface area is 231 Å². The van der Waals surface area contributed by atoms with Crippen molar-refractivity contribution >= 4 is 51.2 Å². The Morgan fingerprint density at radius 2 is 1.15 bits per heavy atom. The number of rotatable bonds is 7. The Kier molecular flexibility index (Phi) is 8.54. The second-order valence-electron chi connectivity index (χ2n) is 10.2. The van der Waals surface area contributed by atoms with E-state index in [-0.39, 0.29) is 29.5 Å². The summed E-state index contributed by atoms with van der Waals surface area (Å²) in [5, 5.41) is 10.5. The highest BCUT2D eigenvalue weighted by molar-refractivity contribution is 14.1. The first-order valence-electron chi connectivity index (χ1n) is 11.9. The highest BCUT2D eigenvalue weighted by atomic mass is 127. The zero-order chi connectivity index (χ0) is 25.5. The maximum atomic E-state index is 12.9. The van der Waals surface area contributed by atoms with Crippen LogP contribution in [-0.2, 0) is 0 Å². The third kappa shape index (κ3) is 5.22. The van der Waals surface area contributed by atoms with E-state index in [0.29, 0.717) is 0 Å². The van der Waals surface area contributed by atoms with Crippen LogP contribution in [0.5, 0.6) is 0 Å². The van der Waals surface area contributed by atoms with Crippen LogP contribution in [-0.4, -0.2) is 15.6 Å². The van der Waals surface area contributed by atoms with Crippen molar-refractivity contribution in [2.24, 2.45) is 0 Å². The average Bonchev–Trinajstić information content (AvgIpc) is 3.16. The van der Waals surface area contributed by atoms with Gasteiger partial charge in [-0.3, -0.25) is 0 Å². The van der Waals surface area contributed by atoms with Gasteiger partial charge in [-0.25, -0.2) is 4.79 Å². The van der Waals surface area contributed by atoms with Gasteiger partial charge in [0, 0.05) is 29.4 Å². The fourth-order valence-electron chi connectivity index (χ4n) is 4.56. The van der Waals surface area contributed by atoms with Crippen molar-refractivity contribution in [3.63, 3.8) is 0 Å². The van der Waals surface area contributed by atoms with E-state index >= 15 is 0 Å². The summed E-state index contributed by atoms with van der Waals surface area (Å²) in [5.41, 5.74) is 6.63. The summed E-state index contributed by atoms with van der Waals surface area (Å²) in [6.45, 7) is 17.4. The molecular weight excluding hydrogens is 650 g/mol. The lowest BCUT2D eigenvalue weighted by molar-refractivity contribution is -0.599. The monoisotopic (exact) mass is 685 g/mol. The van der Waals surface area contributed by atoms with Crippen molar-refractivity contribution in [2.75, 3.05) is 0 Å². The van der Waals surface area contributed by atoms with Gasteiger partial charge in [-0.2, -0.15) is 9.13 Å². The van der Waals surface area contributed by atoms with Crippen LogP contribution in [0.4, 0.5) is 0 Å². The first-order valence-corrected chi connectivity index (χ1v) is 14.0. The van der Waals surface area contributed by atoms with E-state index in [4.69, 9.17) is 0 Å². The lowest BCUT2D eigenvalue weighted by atomic mass is 9.92. The van der Waals surface area contributed by atoms with Gasteiger partial charge in [0.1, 0.15) is 23.8 Å². The minimum Gasteiger partial charge on any atom is -0.472 e. The van der Waals surface area contributed by atoms with E-state index in [9.17, 15) is 9.90 Å². The van der Waals surface area contributed by atoms with Crippen molar-refractivity contribution in [3.8, 4) is 11.4 Å². The Morgan fingerprint density at radius 3 is 1.50 bits per heavy atom. The van der Waals surface area contributed by atoms with Crippen LogP contribution in [0.1, 0.15) is 112 Å². The Morgan fingerprint density at radius 1 is 0.765 bits per heavy atom. The number of nitrogens with zero attached hydrogens (tertiary/aromatic N) is 2. The van der Waals surface area contributed by atoms with Crippen LogP contribution >= 0.6 is 45.2 Å². The van der Waals surface area contributed by atoms with Gasteiger partial charge in [-0.1, -0.05) is 55.4 Å². The van der Waals surface area contributed by atoms with Gasteiger partial charge < -0.3 is 5.11 Å². The minimum atomic E-state index is -0.934. The van der Waals surface area contributed by atoms with E-state index in [1.54, 1.807) is 0 Å². The van der Waals surface area contributed by atoms with E-state index in [0.717, 1.165) is 33.6 Å². The molecule has 3 aromatic rings. The number of hydrogen-bond acceptors (Lipinski definition) is 1. The summed E-state index contributed by atoms with van der Waals surface area (Å²) in [6, 6.07) is 8.75. The van der Waals surface area contributed by atoms with E-state index in [1.165, 1.54) is 7.14 Å². The number of carbonyl (C=O) groups is 1. The summed E-state index contributed by atoms with van der Waals surface area (Å²) in [7, 11) is 0. The first kappa shape index (κ1) is 27.2. The Hall–Kier alpha value is -1.42. The number of aromatic carboxylic acids is 1. The molecule has 1 N–H and O–H groups in total. The second kappa shape index (κ2) is 10.7. The average molecular weight is 685 g/mol. The molecule has 0 saturated heterocycles. The van der Waals surface area contributed by atoms with Crippen molar-refractivity contribution in [3.05, 3.63) is 71.9 Å². The van der Waals surface area contributed by atoms with Gasteiger partial charge in [-0.05, 0) is 93.1 Å². The molecule has 3 rings (SSSR count). The van der Waals surface area contributed by atoms with Crippen molar-refractivity contribution in [2.45, 2.75) is 79.1 Å². The summed E-state index contributed by atoms with van der Waals surface area (Å²) >= 11 is 4.73.